The van der Waals surface area contributed by atoms with Crippen LogP contribution in [0.25, 0.3) is 0 Å². The lowest BCUT2D eigenvalue weighted by Gasteiger charge is -2.11. The van der Waals surface area contributed by atoms with Crippen molar-refractivity contribution in [2.75, 3.05) is 0 Å². The van der Waals surface area contributed by atoms with Gasteiger partial charge in [-0.2, -0.15) is 0 Å². The van der Waals surface area contributed by atoms with Gasteiger partial charge in [-0.25, -0.2) is 0 Å². The van der Waals surface area contributed by atoms with Crippen LogP contribution in [0.3, 0.4) is 0 Å². The highest BCUT2D eigenvalue weighted by Crippen LogP contribution is 2.12. The molecule has 0 radical (unpaired) electrons. The predicted octanol–water partition coefficient (Wildman–Crippen LogP) is 11.3. The zero-order chi connectivity index (χ0) is 32.0. The third kappa shape index (κ3) is 23.2. The van der Waals surface area contributed by atoms with Crippen LogP contribution in [0, 0.1) is 0 Å². The molecule has 0 unspecified atom stereocenters. The van der Waals surface area contributed by atoms with Gasteiger partial charge in [-0.1, -0.05) is 136 Å². The van der Waals surface area contributed by atoms with Gasteiger partial charge in [0.2, 0.25) is 0 Å². The predicted molar refractivity (Wildman–Crippen MR) is 187 cm³/mol. The van der Waals surface area contributed by atoms with Gasteiger partial charge in [-0.15, -0.1) is 0 Å². The van der Waals surface area contributed by atoms with Gasteiger partial charge in [0.25, 0.3) is 0 Å². The van der Waals surface area contributed by atoms with Gasteiger partial charge in [-0.05, 0) is 101 Å². The van der Waals surface area contributed by atoms with Gasteiger partial charge in [0.05, 0.1) is 0 Å². The summed E-state index contributed by atoms with van der Waals surface area (Å²) in [6.45, 7) is 19.9. The third-order valence-corrected chi connectivity index (χ3v) is 6.23. The second-order valence-electron chi connectivity index (χ2n) is 11.8. The molecule has 0 amide bonds. The Morgan fingerprint density at radius 2 is 0.929 bits per heavy atom. The van der Waals surface area contributed by atoms with Crippen molar-refractivity contribution >= 4 is 5.78 Å². The number of allylic oxidation sites excluding steroid dienone is 23. The largest absolute Gasteiger partial charge is 0.382 e. The first kappa shape index (κ1) is 38.5. The van der Waals surface area contributed by atoms with Crippen molar-refractivity contribution in [3.05, 3.63) is 142 Å². The summed E-state index contributed by atoms with van der Waals surface area (Å²) in [4.78, 5) is 11.8. The van der Waals surface area contributed by atoms with Gasteiger partial charge in [-0.3, -0.25) is 4.79 Å². The molecule has 0 heterocycles. The zero-order valence-corrected chi connectivity index (χ0v) is 28.0. The van der Waals surface area contributed by atoms with E-state index >= 15 is 0 Å². The maximum atomic E-state index is 11.8. The Hall–Kier alpha value is -3.49. The summed E-state index contributed by atoms with van der Waals surface area (Å²) in [5.74, 6) is -0.310. The quantitative estimate of drug-likeness (QED) is 0.108. The third-order valence-electron chi connectivity index (χ3n) is 6.23. The number of ketones is 1. The topological polar surface area (TPSA) is 37.3 Å². The summed E-state index contributed by atoms with van der Waals surface area (Å²) in [5.41, 5.74) is 7.36. The highest BCUT2D eigenvalue weighted by molar-refractivity contribution is 5.96. The monoisotopic (exact) mass is 568 g/mol. The van der Waals surface area contributed by atoms with Crippen LogP contribution in [0.5, 0.6) is 0 Å². The molecule has 0 rings (SSSR count). The van der Waals surface area contributed by atoms with Gasteiger partial charge in [0, 0.05) is 0 Å². The Morgan fingerprint density at radius 1 is 0.524 bits per heavy atom. The normalized spacial score (nSPS) is 15.4. The maximum Gasteiger partial charge on any atom is 0.186 e. The molecule has 0 saturated heterocycles. The second kappa shape index (κ2) is 22.2. The van der Waals surface area contributed by atoms with E-state index in [1.165, 1.54) is 42.2 Å². The Morgan fingerprint density at radius 3 is 1.40 bits per heavy atom. The fraction of sp³-hybridized carbons (Fsp3) is 0.375. The molecule has 0 fully saturated rings. The lowest BCUT2D eigenvalue weighted by Crippen LogP contribution is -2.29. The summed E-state index contributed by atoms with van der Waals surface area (Å²) in [5, 5.41) is 9.69. The molecular formula is C40H56O2. The zero-order valence-electron chi connectivity index (χ0n) is 28.0. The van der Waals surface area contributed by atoms with E-state index in [1.807, 2.05) is 38.2 Å². The molecule has 0 aliphatic heterocycles. The molecule has 0 atom stereocenters. The minimum Gasteiger partial charge on any atom is -0.382 e. The van der Waals surface area contributed by atoms with Crippen molar-refractivity contribution in [3.8, 4) is 0 Å². The van der Waals surface area contributed by atoms with Crippen molar-refractivity contribution in [2.24, 2.45) is 0 Å². The van der Waals surface area contributed by atoms with Crippen molar-refractivity contribution in [3.63, 3.8) is 0 Å². The van der Waals surface area contributed by atoms with E-state index in [-0.39, 0.29) is 5.78 Å². The average Bonchev–Trinajstić information content (AvgIpc) is 2.89. The maximum absolute atomic E-state index is 11.8. The minimum atomic E-state index is -1.34. The Bertz CT molecular complexity index is 1210. The van der Waals surface area contributed by atoms with Gasteiger partial charge in [0.1, 0.15) is 5.60 Å². The van der Waals surface area contributed by atoms with Crippen LogP contribution in [-0.4, -0.2) is 16.5 Å². The van der Waals surface area contributed by atoms with Crippen molar-refractivity contribution in [1.82, 2.24) is 0 Å². The lowest BCUT2D eigenvalue weighted by atomic mass is 10.0. The van der Waals surface area contributed by atoms with Crippen molar-refractivity contribution in [1.29, 1.82) is 0 Å². The fourth-order valence-corrected chi connectivity index (χ4v) is 3.44. The van der Waals surface area contributed by atoms with E-state index in [9.17, 15) is 9.90 Å². The summed E-state index contributed by atoms with van der Waals surface area (Å²) in [7, 11) is 0. The Labute approximate surface area is 258 Å². The fourth-order valence-electron chi connectivity index (χ4n) is 3.44. The number of rotatable bonds is 17. The molecule has 0 aliphatic rings. The van der Waals surface area contributed by atoms with E-state index < -0.39 is 5.60 Å². The smallest absolute Gasteiger partial charge is 0.186 e. The first-order valence-electron chi connectivity index (χ1n) is 15.0. The minimum absolute atomic E-state index is 0.310. The molecule has 2 nitrogen and oxygen atoms in total. The number of aliphatic hydroxyl groups is 1. The van der Waals surface area contributed by atoms with E-state index in [0.29, 0.717) is 0 Å². The molecular weight excluding hydrogens is 512 g/mol. The molecule has 0 aromatic heterocycles. The van der Waals surface area contributed by atoms with E-state index in [0.717, 1.165) is 42.4 Å². The average molecular weight is 569 g/mol. The molecule has 228 valence electrons. The standard InChI is InChI=1S/C40H56O2/c1-32(2)18-13-21-35(5)24-16-27-36(6)25-14-22-33(3)19-11-12-20-34(4)23-15-26-37(7)28-17-29-38(8)30-31-39(41)40(9,10)42/h11-12,14-15,17-20,22-26,28-31,42H,13,16,21,27H2,1-10H3. The van der Waals surface area contributed by atoms with Gasteiger partial charge in [0.15, 0.2) is 5.78 Å². The Balaban J connectivity index is 4.71. The van der Waals surface area contributed by atoms with Crippen LogP contribution in [0.4, 0.5) is 0 Å². The van der Waals surface area contributed by atoms with Crippen LogP contribution < -0.4 is 0 Å². The number of hydrogen-bond acceptors (Lipinski definition) is 2. The van der Waals surface area contributed by atoms with Gasteiger partial charge >= 0.3 is 0 Å². The van der Waals surface area contributed by atoms with Crippen LogP contribution in [0.15, 0.2) is 142 Å². The number of carbonyl (C=O) groups excluding carboxylic acids is 1. The summed E-state index contributed by atoms with van der Waals surface area (Å²) >= 11 is 0. The molecule has 0 aromatic carbocycles. The van der Waals surface area contributed by atoms with Crippen LogP contribution in [-0.2, 0) is 4.79 Å². The molecule has 0 saturated carbocycles. The highest BCUT2D eigenvalue weighted by Gasteiger charge is 2.20. The molecule has 42 heavy (non-hydrogen) atoms. The molecule has 0 aliphatic carbocycles. The van der Waals surface area contributed by atoms with Crippen LogP contribution in [0.1, 0.15) is 94.9 Å². The van der Waals surface area contributed by atoms with E-state index in [4.69, 9.17) is 0 Å². The Kier molecular flexibility index (Phi) is 20.3. The van der Waals surface area contributed by atoms with Crippen LogP contribution >= 0.6 is 0 Å². The SMILES string of the molecule is CC(C)=CCCC(C)=CCCC(C)=CC=CC(C)=CC=CC=C(C)C=CC=C(C)C=CC=C(C)C=CC(=O)C(C)(C)O. The first-order valence-corrected chi connectivity index (χ1v) is 15.0. The second-order valence-corrected chi connectivity index (χ2v) is 11.8. The summed E-state index contributed by atoms with van der Waals surface area (Å²) in [6, 6.07) is 0. The summed E-state index contributed by atoms with van der Waals surface area (Å²) < 4.78 is 0. The first-order chi connectivity index (χ1) is 19.7. The van der Waals surface area contributed by atoms with E-state index in [1.54, 1.807) is 6.08 Å². The van der Waals surface area contributed by atoms with Gasteiger partial charge < -0.3 is 5.11 Å². The van der Waals surface area contributed by atoms with Crippen LogP contribution in [0.2, 0.25) is 0 Å². The van der Waals surface area contributed by atoms with Crippen molar-refractivity contribution in [2.45, 2.75) is 101 Å². The van der Waals surface area contributed by atoms with Crippen molar-refractivity contribution < 1.29 is 9.90 Å². The lowest BCUT2D eigenvalue weighted by molar-refractivity contribution is -0.128. The summed E-state index contributed by atoms with van der Waals surface area (Å²) in [6.07, 6.45) is 39.2. The molecule has 0 aromatic rings. The molecule has 0 bridgehead atoms. The molecule has 2 heteroatoms. The number of carbonyl (C=O) groups is 1. The van der Waals surface area contributed by atoms with E-state index in [2.05, 4.69) is 108 Å². The number of hydrogen-bond donors (Lipinski definition) is 1. The molecule has 0 spiro atoms. The molecule has 1 N–H and O–H groups in total. The highest BCUT2D eigenvalue weighted by atomic mass is 16.3.